The van der Waals surface area contributed by atoms with Crippen molar-refractivity contribution < 1.29 is 28.7 Å². The molecule has 4 amide bonds. The standard InChI is InChI=1S/C16H12N2O6/c19-13-9-5-1-2-6(23-5)10(9)14(20)17(13)18-15(21)11-7-3-4-8(24-7)12(11)16(18)22/h1-12H/t5-,6-,7-,8+,9-,10+,11+,12-/m0/s1. The summed E-state index contributed by atoms with van der Waals surface area (Å²) in [6.07, 6.45) is 5.26. The molecule has 6 heterocycles. The summed E-state index contributed by atoms with van der Waals surface area (Å²) in [4.78, 5) is 51.0. The maximum atomic E-state index is 12.8. The predicted molar refractivity (Wildman–Crippen MR) is 73.3 cm³/mol. The Morgan fingerprint density at radius 1 is 0.542 bits per heavy atom. The molecule has 0 aromatic carbocycles. The Labute approximate surface area is 135 Å². The summed E-state index contributed by atoms with van der Waals surface area (Å²) in [5, 5.41) is 1.54. The Morgan fingerprint density at radius 2 is 0.792 bits per heavy atom. The van der Waals surface area contributed by atoms with Crippen LogP contribution in [0.1, 0.15) is 0 Å². The Bertz CT molecular complexity index is 676. The molecular formula is C16H12N2O6. The second-order valence-corrected chi connectivity index (χ2v) is 6.98. The third-order valence-corrected chi connectivity index (χ3v) is 5.97. The fourth-order valence-electron chi connectivity index (χ4n) is 4.97. The summed E-state index contributed by atoms with van der Waals surface area (Å²) in [6.45, 7) is 0. The van der Waals surface area contributed by atoms with Crippen LogP contribution >= 0.6 is 0 Å². The van der Waals surface area contributed by atoms with Gasteiger partial charge in [-0.2, -0.15) is 10.0 Å². The first kappa shape index (κ1) is 13.0. The third kappa shape index (κ3) is 1.20. The first-order valence-electron chi connectivity index (χ1n) is 8.01. The topological polar surface area (TPSA) is 93.2 Å². The molecule has 0 unspecified atom stereocenters. The van der Waals surface area contributed by atoms with E-state index >= 15 is 0 Å². The van der Waals surface area contributed by atoms with Crippen LogP contribution < -0.4 is 0 Å². The summed E-state index contributed by atoms with van der Waals surface area (Å²) >= 11 is 0. The molecule has 6 aliphatic rings. The number of rotatable bonds is 1. The molecule has 4 saturated heterocycles. The maximum Gasteiger partial charge on any atom is 0.255 e. The Kier molecular flexibility index (Phi) is 2.08. The number of carbonyl (C=O) groups is 4. The minimum absolute atomic E-state index is 0.449. The van der Waals surface area contributed by atoms with Crippen molar-refractivity contribution in [2.75, 3.05) is 0 Å². The van der Waals surface area contributed by atoms with Gasteiger partial charge in [-0.3, -0.25) is 19.2 Å². The lowest BCUT2D eigenvalue weighted by Crippen LogP contribution is -2.52. The second-order valence-electron chi connectivity index (χ2n) is 6.98. The van der Waals surface area contributed by atoms with Crippen LogP contribution in [-0.4, -0.2) is 58.1 Å². The zero-order valence-corrected chi connectivity index (χ0v) is 12.3. The average molecular weight is 328 g/mol. The Balaban J connectivity index is 1.39. The summed E-state index contributed by atoms with van der Waals surface area (Å²) in [5.41, 5.74) is 0. The number of ether oxygens (including phenoxy) is 2. The van der Waals surface area contributed by atoms with E-state index < -0.39 is 71.7 Å². The van der Waals surface area contributed by atoms with Gasteiger partial charge in [0.2, 0.25) is 0 Å². The fraction of sp³-hybridized carbons (Fsp3) is 0.500. The maximum absolute atomic E-state index is 12.8. The molecule has 4 bridgehead atoms. The summed E-state index contributed by atoms with van der Waals surface area (Å²) in [5.74, 6) is -4.65. The molecule has 8 nitrogen and oxygen atoms in total. The molecule has 24 heavy (non-hydrogen) atoms. The van der Waals surface area contributed by atoms with Crippen LogP contribution in [0.2, 0.25) is 0 Å². The van der Waals surface area contributed by atoms with Gasteiger partial charge in [0.15, 0.2) is 0 Å². The van der Waals surface area contributed by atoms with Crippen molar-refractivity contribution in [2.45, 2.75) is 24.4 Å². The first-order chi connectivity index (χ1) is 11.6. The van der Waals surface area contributed by atoms with Gasteiger partial charge in [0.25, 0.3) is 23.6 Å². The SMILES string of the molecule is O=C1[C@@H]2[C@H](C(=O)N1N1C(=O)[C@@H]3[C@H](C1=O)[C@@H]1C=C[C@H]3O1)[C@@H]1C=C[C@@H]2O1. The molecule has 0 N–H and O–H groups in total. The highest BCUT2D eigenvalue weighted by atomic mass is 16.5. The molecule has 0 aliphatic carbocycles. The van der Waals surface area contributed by atoms with E-state index in [0.717, 1.165) is 10.0 Å². The van der Waals surface area contributed by atoms with Crippen molar-refractivity contribution in [3.8, 4) is 0 Å². The molecule has 8 atom stereocenters. The van der Waals surface area contributed by atoms with Crippen molar-refractivity contribution in [1.82, 2.24) is 10.0 Å². The molecule has 4 fully saturated rings. The van der Waals surface area contributed by atoms with Gasteiger partial charge in [-0.15, -0.1) is 0 Å². The molecule has 6 aliphatic heterocycles. The largest absolute Gasteiger partial charge is 0.365 e. The number of nitrogens with zero attached hydrogens (tertiary/aromatic N) is 2. The number of hydrogen-bond acceptors (Lipinski definition) is 6. The van der Waals surface area contributed by atoms with Gasteiger partial charge in [-0.25, -0.2) is 0 Å². The van der Waals surface area contributed by atoms with E-state index in [4.69, 9.17) is 9.47 Å². The average Bonchev–Trinajstić information content (AvgIpc) is 3.36. The number of hydrogen-bond donors (Lipinski definition) is 0. The summed E-state index contributed by atoms with van der Waals surface area (Å²) < 4.78 is 11.1. The van der Waals surface area contributed by atoms with E-state index in [0.29, 0.717) is 0 Å². The summed E-state index contributed by atoms with van der Waals surface area (Å²) in [6, 6.07) is 0. The lowest BCUT2D eigenvalue weighted by atomic mass is 9.85. The smallest absolute Gasteiger partial charge is 0.255 e. The van der Waals surface area contributed by atoms with Crippen LogP contribution in [0.15, 0.2) is 24.3 Å². The van der Waals surface area contributed by atoms with E-state index in [-0.39, 0.29) is 0 Å². The van der Waals surface area contributed by atoms with Crippen molar-refractivity contribution in [3.63, 3.8) is 0 Å². The molecule has 8 heteroatoms. The Hall–Kier alpha value is -2.32. The minimum atomic E-state index is -0.639. The highest BCUT2D eigenvalue weighted by Crippen LogP contribution is 2.49. The van der Waals surface area contributed by atoms with Gasteiger partial charge < -0.3 is 9.47 Å². The van der Waals surface area contributed by atoms with E-state index in [2.05, 4.69) is 0 Å². The molecule has 0 aromatic heterocycles. The van der Waals surface area contributed by atoms with Crippen LogP contribution in [0.25, 0.3) is 0 Å². The zero-order chi connectivity index (χ0) is 16.3. The van der Waals surface area contributed by atoms with Gasteiger partial charge in [0.1, 0.15) is 0 Å². The van der Waals surface area contributed by atoms with Crippen LogP contribution in [-0.2, 0) is 28.7 Å². The molecule has 0 saturated carbocycles. The molecule has 6 rings (SSSR count). The van der Waals surface area contributed by atoms with Crippen molar-refractivity contribution in [3.05, 3.63) is 24.3 Å². The van der Waals surface area contributed by atoms with Gasteiger partial charge in [0.05, 0.1) is 48.1 Å². The van der Waals surface area contributed by atoms with E-state index in [1.54, 1.807) is 24.3 Å². The van der Waals surface area contributed by atoms with E-state index in [1.807, 2.05) is 0 Å². The second kappa shape index (κ2) is 3.84. The predicted octanol–water partition coefficient (Wildman–Crippen LogP) is -1.22. The summed E-state index contributed by atoms with van der Waals surface area (Å²) in [7, 11) is 0. The van der Waals surface area contributed by atoms with Crippen molar-refractivity contribution >= 4 is 23.6 Å². The molecular weight excluding hydrogens is 316 g/mol. The molecule has 0 spiro atoms. The van der Waals surface area contributed by atoms with Crippen molar-refractivity contribution in [1.29, 1.82) is 0 Å². The van der Waals surface area contributed by atoms with Gasteiger partial charge >= 0.3 is 0 Å². The van der Waals surface area contributed by atoms with Crippen molar-refractivity contribution in [2.24, 2.45) is 23.7 Å². The zero-order valence-electron chi connectivity index (χ0n) is 12.3. The number of amides is 4. The molecule has 0 aromatic rings. The van der Waals surface area contributed by atoms with Gasteiger partial charge in [-0.05, 0) is 0 Å². The number of carbonyl (C=O) groups excluding carboxylic acids is 4. The first-order valence-corrected chi connectivity index (χ1v) is 8.01. The lowest BCUT2D eigenvalue weighted by Gasteiger charge is -2.26. The van der Waals surface area contributed by atoms with E-state index in [9.17, 15) is 19.2 Å². The Morgan fingerprint density at radius 3 is 1.04 bits per heavy atom. The van der Waals surface area contributed by atoms with Gasteiger partial charge in [0, 0.05) is 0 Å². The lowest BCUT2D eigenvalue weighted by molar-refractivity contribution is -0.176. The van der Waals surface area contributed by atoms with Crippen LogP contribution in [0.4, 0.5) is 0 Å². The molecule has 122 valence electrons. The van der Waals surface area contributed by atoms with Crippen LogP contribution in [0, 0.1) is 23.7 Å². The fourth-order valence-corrected chi connectivity index (χ4v) is 4.97. The number of fused-ring (bicyclic) bond motifs is 10. The minimum Gasteiger partial charge on any atom is -0.365 e. The van der Waals surface area contributed by atoms with E-state index in [1.165, 1.54) is 0 Å². The highest BCUT2D eigenvalue weighted by molar-refractivity contribution is 6.14. The number of imide groups is 2. The highest BCUT2D eigenvalue weighted by Gasteiger charge is 2.68. The monoisotopic (exact) mass is 328 g/mol. The molecule has 0 radical (unpaired) electrons. The van der Waals surface area contributed by atoms with Gasteiger partial charge in [-0.1, -0.05) is 24.3 Å². The third-order valence-electron chi connectivity index (χ3n) is 5.97. The number of hydrazine groups is 1. The van der Waals surface area contributed by atoms with Crippen LogP contribution in [0.5, 0.6) is 0 Å². The quantitative estimate of drug-likeness (QED) is 0.442. The normalized spacial score (nSPS) is 50.0. The van der Waals surface area contributed by atoms with Crippen LogP contribution in [0.3, 0.4) is 0 Å².